The fourth-order valence-electron chi connectivity index (χ4n) is 2.13. The van der Waals surface area contributed by atoms with Gasteiger partial charge < -0.3 is 9.64 Å². The number of benzene rings is 1. The van der Waals surface area contributed by atoms with Crippen molar-refractivity contribution in [2.45, 2.75) is 13.3 Å². The number of rotatable bonds is 3. The lowest BCUT2D eigenvalue weighted by Crippen LogP contribution is -2.25. The van der Waals surface area contributed by atoms with E-state index in [0.29, 0.717) is 12.3 Å². The van der Waals surface area contributed by atoms with Crippen LogP contribution < -0.4 is 9.64 Å². The van der Waals surface area contributed by atoms with Crippen molar-refractivity contribution in [3.8, 4) is 5.75 Å². The summed E-state index contributed by atoms with van der Waals surface area (Å²) in [5.41, 5.74) is 2.01. The van der Waals surface area contributed by atoms with E-state index in [1.807, 2.05) is 30.0 Å². The van der Waals surface area contributed by atoms with Crippen molar-refractivity contribution in [2.75, 3.05) is 23.9 Å². The molecule has 1 saturated heterocycles. The topological polar surface area (TPSA) is 29.5 Å². The van der Waals surface area contributed by atoms with Gasteiger partial charge in [-0.05, 0) is 30.5 Å². The highest BCUT2D eigenvalue weighted by Crippen LogP contribution is 2.34. The van der Waals surface area contributed by atoms with E-state index in [1.54, 1.807) is 7.11 Å². The second-order valence-electron chi connectivity index (χ2n) is 4.40. The van der Waals surface area contributed by atoms with Gasteiger partial charge in [0.2, 0.25) is 5.91 Å². The van der Waals surface area contributed by atoms with E-state index < -0.39 is 0 Å². The minimum atomic E-state index is 0.177. The maximum absolute atomic E-state index is 11.9. The SMILES string of the molecule is COc1cc(C)ccc1N1CC(CBr)CC1=O. The van der Waals surface area contributed by atoms with E-state index in [2.05, 4.69) is 15.9 Å². The number of halogens is 1. The highest BCUT2D eigenvalue weighted by atomic mass is 79.9. The van der Waals surface area contributed by atoms with E-state index >= 15 is 0 Å². The van der Waals surface area contributed by atoms with Crippen LogP contribution in [0.5, 0.6) is 5.75 Å². The molecule has 1 heterocycles. The molecule has 2 rings (SSSR count). The molecule has 1 unspecified atom stereocenters. The maximum atomic E-state index is 11.9. The summed E-state index contributed by atoms with van der Waals surface area (Å²) >= 11 is 3.44. The van der Waals surface area contributed by atoms with Crippen LogP contribution in [0.25, 0.3) is 0 Å². The normalized spacial score (nSPS) is 19.8. The fraction of sp³-hybridized carbons (Fsp3) is 0.462. The quantitative estimate of drug-likeness (QED) is 0.803. The fourth-order valence-corrected chi connectivity index (χ4v) is 2.56. The highest BCUT2D eigenvalue weighted by molar-refractivity contribution is 9.09. The van der Waals surface area contributed by atoms with Gasteiger partial charge in [0.15, 0.2) is 0 Å². The molecule has 3 nitrogen and oxygen atoms in total. The van der Waals surface area contributed by atoms with Gasteiger partial charge in [-0.2, -0.15) is 0 Å². The molecule has 17 heavy (non-hydrogen) atoms. The van der Waals surface area contributed by atoms with Crippen LogP contribution in [-0.4, -0.2) is 24.9 Å². The zero-order valence-corrected chi connectivity index (χ0v) is 11.7. The Kier molecular flexibility index (Phi) is 3.72. The van der Waals surface area contributed by atoms with Crippen molar-refractivity contribution in [3.63, 3.8) is 0 Å². The van der Waals surface area contributed by atoms with Crippen LogP contribution in [0.2, 0.25) is 0 Å². The number of amides is 1. The number of hydrogen-bond donors (Lipinski definition) is 0. The summed E-state index contributed by atoms with van der Waals surface area (Å²) in [6.45, 7) is 2.78. The summed E-state index contributed by atoms with van der Waals surface area (Å²) in [6, 6.07) is 5.93. The maximum Gasteiger partial charge on any atom is 0.227 e. The molecule has 0 aromatic heterocycles. The molecule has 1 aromatic carbocycles. The van der Waals surface area contributed by atoms with Crippen LogP contribution in [0.4, 0.5) is 5.69 Å². The third-order valence-electron chi connectivity index (χ3n) is 3.05. The van der Waals surface area contributed by atoms with Gasteiger partial charge in [-0.15, -0.1) is 0 Å². The zero-order valence-electron chi connectivity index (χ0n) is 10.1. The van der Waals surface area contributed by atoms with Gasteiger partial charge in [-0.3, -0.25) is 4.79 Å². The van der Waals surface area contributed by atoms with E-state index in [1.165, 1.54) is 0 Å². The Morgan fingerprint density at radius 1 is 1.53 bits per heavy atom. The third-order valence-corrected chi connectivity index (χ3v) is 3.97. The molecule has 1 amide bonds. The zero-order chi connectivity index (χ0) is 12.4. The van der Waals surface area contributed by atoms with Gasteiger partial charge in [-0.25, -0.2) is 0 Å². The Labute approximate surface area is 110 Å². The monoisotopic (exact) mass is 297 g/mol. The standard InChI is InChI=1S/C13H16BrNO2/c1-9-3-4-11(12(5-9)17-2)15-8-10(7-14)6-13(15)16/h3-5,10H,6-8H2,1-2H3. The molecule has 1 aliphatic heterocycles. The molecule has 1 aliphatic rings. The lowest BCUT2D eigenvalue weighted by atomic mass is 10.1. The summed E-state index contributed by atoms with van der Waals surface area (Å²) in [7, 11) is 1.64. The number of anilines is 1. The lowest BCUT2D eigenvalue weighted by molar-refractivity contribution is -0.117. The van der Waals surface area contributed by atoms with Crippen LogP contribution in [0.3, 0.4) is 0 Å². The first-order chi connectivity index (χ1) is 8.15. The van der Waals surface area contributed by atoms with Gasteiger partial charge in [0, 0.05) is 18.3 Å². The number of methoxy groups -OCH3 is 1. The first-order valence-electron chi connectivity index (χ1n) is 5.66. The number of nitrogens with zero attached hydrogens (tertiary/aromatic N) is 1. The number of carbonyl (C=O) groups is 1. The molecular weight excluding hydrogens is 282 g/mol. The van der Waals surface area contributed by atoms with Crippen molar-refractivity contribution in [3.05, 3.63) is 23.8 Å². The van der Waals surface area contributed by atoms with Crippen molar-refractivity contribution < 1.29 is 9.53 Å². The molecule has 0 spiro atoms. The predicted molar refractivity (Wildman–Crippen MR) is 72.0 cm³/mol. The number of alkyl halides is 1. The van der Waals surface area contributed by atoms with Gasteiger partial charge in [0.1, 0.15) is 5.75 Å². The molecule has 0 bridgehead atoms. The molecule has 0 aliphatic carbocycles. The second-order valence-corrected chi connectivity index (χ2v) is 5.05. The molecule has 1 aromatic rings. The molecule has 4 heteroatoms. The minimum absolute atomic E-state index is 0.177. The second kappa shape index (κ2) is 5.08. The highest BCUT2D eigenvalue weighted by Gasteiger charge is 2.31. The lowest BCUT2D eigenvalue weighted by Gasteiger charge is -2.19. The van der Waals surface area contributed by atoms with E-state index in [9.17, 15) is 4.79 Å². The van der Waals surface area contributed by atoms with Crippen molar-refractivity contribution in [1.82, 2.24) is 0 Å². The van der Waals surface area contributed by atoms with Gasteiger partial charge in [-0.1, -0.05) is 22.0 Å². The molecule has 0 radical (unpaired) electrons. The first-order valence-corrected chi connectivity index (χ1v) is 6.79. The van der Waals surface area contributed by atoms with Gasteiger partial charge >= 0.3 is 0 Å². The van der Waals surface area contributed by atoms with Crippen molar-refractivity contribution in [2.24, 2.45) is 5.92 Å². The van der Waals surface area contributed by atoms with Crippen molar-refractivity contribution >= 4 is 27.5 Å². The van der Waals surface area contributed by atoms with E-state index in [4.69, 9.17) is 4.74 Å². The van der Waals surface area contributed by atoms with E-state index in [-0.39, 0.29) is 5.91 Å². The Morgan fingerprint density at radius 3 is 2.88 bits per heavy atom. The summed E-state index contributed by atoms with van der Waals surface area (Å²) in [5.74, 6) is 1.35. The largest absolute Gasteiger partial charge is 0.495 e. The molecular formula is C13H16BrNO2. The van der Waals surface area contributed by atoms with Crippen LogP contribution in [-0.2, 0) is 4.79 Å². The summed E-state index contributed by atoms with van der Waals surface area (Å²) in [6.07, 6.45) is 0.613. The average molecular weight is 298 g/mol. The van der Waals surface area contributed by atoms with Crippen LogP contribution in [0.15, 0.2) is 18.2 Å². The predicted octanol–water partition coefficient (Wildman–Crippen LogP) is 2.75. The molecule has 0 saturated carbocycles. The Morgan fingerprint density at radius 2 is 2.29 bits per heavy atom. The Balaban J connectivity index is 2.31. The first kappa shape index (κ1) is 12.4. The molecule has 92 valence electrons. The third kappa shape index (κ3) is 2.46. The van der Waals surface area contributed by atoms with Crippen LogP contribution in [0.1, 0.15) is 12.0 Å². The number of carbonyl (C=O) groups excluding carboxylic acids is 1. The van der Waals surface area contributed by atoms with Crippen molar-refractivity contribution in [1.29, 1.82) is 0 Å². The van der Waals surface area contributed by atoms with Gasteiger partial charge in [0.05, 0.1) is 12.8 Å². The minimum Gasteiger partial charge on any atom is -0.495 e. The number of ether oxygens (including phenoxy) is 1. The van der Waals surface area contributed by atoms with Crippen LogP contribution in [0, 0.1) is 12.8 Å². The van der Waals surface area contributed by atoms with Gasteiger partial charge in [0.25, 0.3) is 0 Å². The molecule has 1 atom stereocenters. The Bertz CT molecular complexity index is 433. The number of aryl methyl sites for hydroxylation is 1. The summed E-state index contributed by atoms with van der Waals surface area (Å²) in [4.78, 5) is 13.8. The van der Waals surface area contributed by atoms with E-state index in [0.717, 1.165) is 28.9 Å². The average Bonchev–Trinajstić information content (AvgIpc) is 2.70. The Hall–Kier alpha value is -1.03. The smallest absolute Gasteiger partial charge is 0.227 e. The summed E-state index contributed by atoms with van der Waals surface area (Å²) in [5, 5.41) is 0.865. The molecule has 0 N–H and O–H groups in total. The molecule has 1 fully saturated rings. The van der Waals surface area contributed by atoms with Crippen LogP contribution >= 0.6 is 15.9 Å². The summed E-state index contributed by atoms with van der Waals surface area (Å²) < 4.78 is 5.35. The number of hydrogen-bond acceptors (Lipinski definition) is 2.